The fraction of sp³-hybridized carbons (Fsp3) is 0.235. The van der Waals surface area contributed by atoms with Crippen LogP contribution in [0, 0.1) is 12.3 Å². The molecule has 0 saturated heterocycles. The Kier molecular flexibility index (Phi) is 3.96. The van der Waals surface area contributed by atoms with Gasteiger partial charge in [-0.3, -0.25) is 13.9 Å². The van der Waals surface area contributed by atoms with Crippen molar-refractivity contribution >= 4 is 11.0 Å². The number of terminal acetylenes is 1. The molecule has 0 amide bonds. The number of nitrogens with zero attached hydrogens (tertiary/aromatic N) is 4. The van der Waals surface area contributed by atoms with Crippen molar-refractivity contribution < 1.29 is 4.74 Å². The lowest BCUT2D eigenvalue weighted by atomic mass is 10.2. The first-order chi connectivity index (χ1) is 11.5. The number of aromatic nitrogens is 4. The van der Waals surface area contributed by atoms with Crippen LogP contribution in [-0.4, -0.2) is 25.5 Å². The van der Waals surface area contributed by atoms with Gasteiger partial charge in [0.25, 0.3) is 11.4 Å². The number of rotatable bonds is 4. The molecule has 2 heterocycles. The summed E-state index contributed by atoms with van der Waals surface area (Å²) in [6.45, 7) is 0.264. The molecule has 1 aromatic carbocycles. The molecule has 0 N–H and O–H groups in total. The van der Waals surface area contributed by atoms with E-state index in [4.69, 9.17) is 11.2 Å². The van der Waals surface area contributed by atoms with Crippen LogP contribution in [-0.2, 0) is 20.6 Å². The molecule has 2 aromatic heterocycles. The van der Waals surface area contributed by atoms with Crippen molar-refractivity contribution in [2.45, 2.75) is 6.54 Å². The van der Waals surface area contributed by atoms with Gasteiger partial charge in [0.2, 0.25) is 0 Å². The Morgan fingerprint density at radius 2 is 1.79 bits per heavy atom. The van der Waals surface area contributed by atoms with Crippen LogP contribution >= 0.6 is 0 Å². The number of hydrogen-bond acceptors (Lipinski definition) is 4. The first kappa shape index (κ1) is 15.6. The van der Waals surface area contributed by atoms with Crippen molar-refractivity contribution in [3.63, 3.8) is 0 Å². The predicted octanol–water partition coefficient (Wildman–Crippen LogP) is 0.494. The summed E-state index contributed by atoms with van der Waals surface area (Å²) in [6, 6.07) is 9.44. The molecular formula is C17H16N4O3. The van der Waals surface area contributed by atoms with E-state index in [1.807, 2.05) is 30.3 Å². The van der Waals surface area contributed by atoms with Crippen LogP contribution in [0.5, 0.6) is 5.88 Å². The number of ether oxygens (including phenoxy) is 1. The SMILES string of the molecule is C#CCOc1nn(Cc2ccccc2)c(=O)c2c1n(C)c(=O)n2C. The molecule has 0 aliphatic rings. The lowest BCUT2D eigenvalue weighted by molar-refractivity contribution is 0.345. The molecule has 0 saturated carbocycles. The summed E-state index contributed by atoms with van der Waals surface area (Å²) in [6.07, 6.45) is 5.24. The number of fused-ring (bicyclic) bond motifs is 1. The molecule has 0 atom stereocenters. The van der Waals surface area contributed by atoms with Gasteiger partial charge in [-0.25, -0.2) is 9.48 Å². The van der Waals surface area contributed by atoms with Gasteiger partial charge in [-0.2, -0.15) is 0 Å². The van der Waals surface area contributed by atoms with Gasteiger partial charge in [0.1, 0.15) is 11.0 Å². The fourth-order valence-corrected chi connectivity index (χ4v) is 2.62. The minimum Gasteiger partial charge on any atom is -0.462 e. The van der Waals surface area contributed by atoms with E-state index < -0.39 is 0 Å². The number of imidazole rings is 1. The Hall–Kier alpha value is -3.27. The maximum Gasteiger partial charge on any atom is 0.328 e. The maximum atomic E-state index is 12.8. The summed E-state index contributed by atoms with van der Waals surface area (Å²) in [7, 11) is 3.11. The van der Waals surface area contributed by atoms with Gasteiger partial charge in [0.15, 0.2) is 6.61 Å². The molecule has 7 nitrogen and oxygen atoms in total. The molecule has 0 fully saturated rings. The van der Waals surface area contributed by atoms with Crippen molar-refractivity contribution in [2.24, 2.45) is 14.1 Å². The summed E-state index contributed by atoms with van der Waals surface area (Å²) < 4.78 is 9.38. The van der Waals surface area contributed by atoms with Gasteiger partial charge in [0.05, 0.1) is 6.54 Å². The largest absolute Gasteiger partial charge is 0.462 e. The van der Waals surface area contributed by atoms with Gasteiger partial charge in [-0.05, 0) is 5.56 Å². The standard InChI is InChI=1S/C17H16N4O3/c1-4-10-24-15-13-14(20(3)17(23)19(13)2)16(22)21(18-15)11-12-8-6-5-7-9-12/h1,5-9H,10-11H2,2-3H3. The van der Waals surface area contributed by atoms with Crippen molar-refractivity contribution in [3.05, 3.63) is 56.7 Å². The molecule has 0 spiro atoms. The average Bonchev–Trinajstić information content (AvgIpc) is 2.82. The third-order valence-electron chi connectivity index (χ3n) is 3.79. The smallest absolute Gasteiger partial charge is 0.328 e. The third kappa shape index (κ3) is 2.48. The lowest BCUT2D eigenvalue weighted by Gasteiger charge is -2.10. The molecule has 7 heteroatoms. The van der Waals surface area contributed by atoms with Crippen LogP contribution in [0.4, 0.5) is 0 Å². The molecule has 24 heavy (non-hydrogen) atoms. The van der Waals surface area contributed by atoms with Gasteiger partial charge in [-0.1, -0.05) is 36.3 Å². The number of aryl methyl sites for hydroxylation is 2. The Morgan fingerprint density at radius 3 is 2.46 bits per heavy atom. The van der Waals surface area contributed by atoms with Gasteiger partial charge in [0, 0.05) is 14.1 Å². The summed E-state index contributed by atoms with van der Waals surface area (Å²) in [5.41, 5.74) is 0.803. The van der Waals surface area contributed by atoms with E-state index in [2.05, 4.69) is 11.0 Å². The summed E-state index contributed by atoms with van der Waals surface area (Å²) in [5, 5.41) is 4.26. The van der Waals surface area contributed by atoms with E-state index >= 15 is 0 Å². The topological polar surface area (TPSA) is 71.1 Å². The minimum atomic E-state index is -0.359. The molecule has 122 valence electrons. The van der Waals surface area contributed by atoms with E-state index in [-0.39, 0.29) is 35.8 Å². The normalized spacial score (nSPS) is 10.7. The second kappa shape index (κ2) is 6.08. The predicted molar refractivity (Wildman–Crippen MR) is 90.1 cm³/mol. The van der Waals surface area contributed by atoms with Crippen LogP contribution in [0.2, 0.25) is 0 Å². The monoisotopic (exact) mass is 324 g/mol. The number of hydrogen-bond donors (Lipinski definition) is 0. The molecule has 3 aromatic rings. The Morgan fingerprint density at radius 1 is 1.12 bits per heavy atom. The first-order valence-corrected chi connectivity index (χ1v) is 7.31. The average molecular weight is 324 g/mol. The van der Waals surface area contributed by atoms with Crippen molar-refractivity contribution in [1.29, 1.82) is 0 Å². The van der Waals surface area contributed by atoms with E-state index in [1.165, 1.54) is 13.8 Å². The van der Waals surface area contributed by atoms with Crippen molar-refractivity contribution in [3.8, 4) is 18.2 Å². The molecule has 0 bridgehead atoms. The number of benzene rings is 1. The first-order valence-electron chi connectivity index (χ1n) is 7.31. The molecular weight excluding hydrogens is 308 g/mol. The second-order valence-corrected chi connectivity index (χ2v) is 5.34. The van der Waals surface area contributed by atoms with E-state index in [1.54, 1.807) is 14.1 Å². The van der Waals surface area contributed by atoms with Gasteiger partial charge < -0.3 is 4.74 Å². The molecule has 0 aliphatic heterocycles. The van der Waals surface area contributed by atoms with Crippen molar-refractivity contribution in [2.75, 3.05) is 6.61 Å². The Bertz CT molecular complexity index is 1050. The third-order valence-corrected chi connectivity index (χ3v) is 3.79. The zero-order valence-electron chi connectivity index (χ0n) is 13.4. The highest BCUT2D eigenvalue weighted by Crippen LogP contribution is 2.18. The van der Waals surface area contributed by atoms with Crippen LogP contribution in [0.3, 0.4) is 0 Å². The minimum absolute atomic E-state index is 0.00523. The highest BCUT2D eigenvalue weighted by atomic mass is 16.5. The zero-order valence-corrected chi connectivity index (χ0v) is 13.4. The summed E-state index contributed by atoms with van der Waals surface area (Å²) in [4.78, 5) is 25.0. The molecule has 0 unspecified atom stereocenters. The zero-order chi connectivity index (χ0) is 17.3. The molecule has 0 radical (unpaired) electrons. The van der Waals surface area contributed by atoms with Crippen LogP contribution in [0.25, 0.3) is 11.0 Å². The second-order valence-electron chi connectivity index (χ2n) is 5.34. The van der Waals surface area contributed by atoms with E-state index in [0.29, 0.717) is 5.52 Å². The van der Waals surface area contributed by atoms with Gasteiger partial charge >= 0.3 is 5.69 Å². The molecule has 0 aliphatic carbocycles. The van der Waals surface area contributed by atoms with Crippen molar-refractivity contribution in [1.82, 2.24) is 18.9 Å². The van der Waals surface area contributed by atoms with E-state index in [0.717, 1.165) is 5.56 Å². The van der Waals surface area contributed by atoms with Crippen LogP contribution < -0.4 is 16.0 Å². The lowest BCUT2D eigenvalue weighted by Crippen LogP contribution is -2.26. The van der Waals surface area contributed by atoms with Crippen LogP contribution in [0.1, 0.15) is 5.56 Å². The van der Waals surface area contributed by atoms with E-state index in [9.17, 15) is 9.59 Å². The Balaban J connectivity index is 2.26. The fourth-order valence-electron chi connectivity index (χ4n) is 2.62. The summed E-state index contributed by atoms with van der Waals surface area (Å²) >= 11 is 0. The quantitative estimate of drug-likeness (QED) is 0.655. The highest BCUT2D eigenvalue weighted by Gasteiger charge is 2.20. The Labute approximate surface area is 137 Å². The molecule has 3 rings (SSSR count). The highest BCUT2D eigenvalue weighted by molar-refractivity contribution is 5.79. The maximum absolute atomic E-state index is 12.8. The summed E-state index contributed by atoms with van der Waals surface area (Å²) in [5.74, 6) is 2.53. The van der Waals surface area contributed by atoms with Crippen LogP contribution in [0.15, 0.2) is 39.9 Å². The van der Waals surface area contributed by atoms with Gasteiger partial charge in [-0.15, -0.1) is 11.5 Å².